The van der Waals surface area contributed by atoms with Crippen molar-refractivity contribution in [3.63, 3.8) is 0 Å². The van der Waals surface area contributed by atoms with Crippen molar-refractivity contribution in [2.45, 2.75) is 13.2 Å². The normalized spacial score (nSPS) is 10.3. The molecule has 0 saturated heterocycles. The van der Waals surface area contributed by atoms with Crippen LogP contribution >= 0.6 is 0 Å². The first kappa shape index (κ1) is 14.0. The third-order valence-corrected chi connectivity index (χ3v) is 2.83. The van der Waals surface area contributed by atoms with Gasteiger partial charge in [-0.1, -0.05) is 12.1 Å². The van der Waals surface area contributed by atoms with Gasteiger partial charge in [0, 0.05) is 18.3 Å². The fraction of sp³-hybridized carbons (Fsp3) is 0.143. The first-order valence-electron chi connectivity index (χ1n) is 5.96. The molecule has 0 unspecified atom stereocenters. The van der Waals surface area contributed by atoms with Crippen LogP contribution < -0.4 is 5.32 Å². The van der Waals surface area contributed by atoms with E-state index in [1.165, 1.54) is 0 Å². The molecule has 0 atom stereocenters. The van der Waals surface area contributed by atoms with Crippen LogP contribution in [0.3, 0.4) is 0 Å². The summed E-state index contributed by atoms with van der Waals surface area (Å²) in [6, 6.07) is 10.4. The van der Waals surface area contributed by atoms with E-state index in [0.29, 0.717) is 5.69 Å². The summed E-state index contributed by atoms with van der Waals surface area (Å²) < 4.78 is 13.2. The molecule has 0 aliphatic rings. The van der Waals surface area contributed by atoms with Gasteiger partial charge in [-0.2, -0.15) is 0 Å². The van der Waals surface area contributed by atoms with Gasteiger partial charge in [0.2, 0.25) is 0 Å². The Balaban J connectivity index is 2.17. The summed E-state index contributed by atoms with van der Waals surface area (Å²) in [5.41, 5.74) is 1.57. The highest BCUT2D eigenvalue weighted by atomic mass is 19.1. The van der Waals surface area contributed by atoms with Gasteiger partial charge in [-0.3, -0.25) is 10.1 Å². The molecule has 0 radical (unpaired) electrons. The number of benzene rings is 2. The lowest BCUT2D eigenvalue weighted by Crippen LogP contribution is -2.04. The molecule has 0 heterocycles. The predicted octanol–water partition coefficient (Wildman–Crippen LogP) is 2.84. The molecular formula is C14H13FN2O3. The fourth-order valence-electron chi connectivity index (χ4n) is 1.85. The Labute approximate surface area is 114 Å². The van der Waals surface area contributed by atoms with Crippen molar-refractivity contribution in [3.05, 3.63) is 69.5 Å². The zero-order valence-electron chi connectivity index (χ0n) is 10.5. The summed E-state index contributed by atoms with van der Waals surface area (Å²) >= 11 is 0. The molecule has 0 aliphatic heterocycles. The number of nitrogens with one attached hydrogen (secondary N) is 1. The highest BCUT2D eigenvalue weighted by Crippen LogP contribution is 2.21. The Hall–Kier alpha value is -2.47. The van der Waals surface area contributed by atoms with E-state index in [2.05, 4.69) is 5.32 Å². The third kappa shape index (κ3) is 3.30. The second-order valence-electron chi connectivity index (χ2n) is 4.24. The van der Waals surface area contributed by atoms with E-state index in [4.69, 9.17) is 5.11 Å². The molecule has 0 spiro atoms. The van der Waals surface area contributed by atoms with Crippen LogP contribution in [0.4, 0.5) is 15.8 Å². The van der Waals surface area contributed by atoms with Crippen LogP contribution in [-0.2, 0) is 13.2 Å². The zero-order valence-corrected chi connectivity index (χ0v) is 10.5. The lowest BCUT2D eigenvalue weighted by Gasteiger charge is -2.08. The van der Waals surface area contributed by atoms with Crippen LogP contribution in [0.25, 0.3) is 0 Å². The molecule has 0 bridgehead atoms. The zero-order chi connectivity index (χ0) is 14.5. The second kappa shape index (κ2) is 6.12. The van der Waals surface area contributed by atoms with Crippen LogP contribution in [0.1, 0.15) is 11.1 Å². The fourth-order valence-corrected chi connectivity index (χ4v) is 1.85. The SMILES string of the molecule is O=[N+]([O-])c1ccc(F)cc1CNc1cccc(CO)c1. The Bertz CT molecular complexity index is 632. The van der Waals surface area contributed by atoms with Crippen LogP contribution in [0.5, 0.6) is 0 Å². The number of rotatable bonds is 5. The summed E-state index contributed by atoms with van der Waals surface area (Å²) in [4.78, 5) is 10.3. The molecule has 0 aliphatic carbocycles. The Morgan fingerprint density at radius 2 is 2.05 bits per heavy atom. The van der Waals surface area contributed by atoms with E-state index in [1.807, 2.05) is 0 Å². The molecule has 5 nitrogen and oxygen atoms in total. The van der Waals surface area contributed by atoms with Crippen LogP contribution in [0.15, 0.2) is 42.5 Å². The summed E-state index contributed by atoms with van der Waals surface area (Å²) in [5, 5.41) is 22.9. The molecule has 0 amide bonds. The predicted molar refractivity (Wildman–Crippen MR) is 72.7 cm³/mol. The first-order chi connectivity index (χ1) is 9.60. The first-order valence-corrected chi connectivity index (χ1v) is 5.96. The van der Waals surface area contributed by atoms with Crippen LogP contribution in [-0.4, -0.2) is 10.0 Å². The minimum atomic E-state index is -0.541. The summed E-state index contributed by atoms with van der Waals surface area (Å²) in [6.07, 6.45) is 0. The highest BCUT2D eigenvalue weighted by molar-refractivity contribution is 5.48. The van der Waals surface area contributed by atoms with Crippen molar-refractivity contribution in [2.75, 3.05) is 5.32 Å². The Morgan fingerprint density at radius 3 is 2.75 bits per heavy atom. The largest absolute Gasteiger partial charge is 0.392 e. The van der Waals surface area contributed by atoms with E-state index in [1.54, 1.807) is 24.3 Å². The number of nitro groups is 1. The lowest BCUT2D eigenvalue weighted by molar-refractivity contribution is -0.385. The molecule has 2 rings (SSSR count). The molecule has 2 aromatic carbocycles. The van der Waals surface area contributed by atoms with Gasteiger partial charge in [0.05, 0.1) is 17.1 Å². The number of hydrogen-bond donors (Lipinski definition) is 2. The molecule has 0 aromatic heterocycles. The highest BCUT2D eigenvalue weighted by Gasteiger charge is 2.14. The minimum Gasteiger partial charge on any atom is -0.392 e. The molecule has 0 saturated carbocycles. The minimum absolute atomic E-state index is 0.0877. The second-order valence-corrected chi connectivity index (χ2v) is 4.24. The van der Waals surface area contributed by atoms with Crippen molar-refractivity contribution in [3.8, 4) is 0 Å². The number of hydrogen-bond acceptors (Lipinski definition) is 4. The van der Waals surface area contributed by atoms with Crippen molar-refractivity contribution in [1.29, 1.82) is 0 Å². The van der Waals surface area contributed by atoms with Crippen LogP contribution in [0.2, 0.25) is 0 Å². The average Bonchev–Trinajstić information content (AvgIpc) is 2.45. The Kier molecular flexibility index (Phi) is 4.27. The molecule has 2 aromatic rings. The monoisotopic (exact) mass is 276 g/mol. The molecule has 0 fully saturated rings. The smallest absolute Gasteiger partial charge is 0.274 e. The third-order valence-electron chi connectivity index (χ3n) is 2.83. The summed E-state index contributed by atoms with van der Waals surface area (Å²) in [5.74, 6) is -0.517. The quantitative estimate of drug-likeness (QED) is 0.650. The standard InChI is InChI=1S/C14H13FN2O3/c15-12-4-5-14(17(19)20)11(7-12)8-16-13-3-1-2-10(6-13)9-18/h1-7,16,18H,8-9H2. The van der Waals surface area contributed by atoms with Gasteiger partial charge in [0.15, 0.2) is 0 Å². The lowest BCUT2D eigenvalue weighted by atomic mass is 10.1. The van der Waals surface area contributed by atoms with Crippen molar-refractivity contribution in [2.24, 2.45) is 0 Å². The van der Waals surface area contributed by atoms with Gasteiger partial charge >= 0.3 is 0 Å². The maximum absolute atomic E-state index is 13.2. The van der Waals surface area contributed by atoms with Gasteiger partial charge in [0.1, 0.15) is 5.82 Å². The van der Waals surface area contributed by atoms with E-state index >= 15 is 0 Å². The number of nitro benzene ring substituents is 1. The van der Waals surface area contributed by atoms with Crippen molar-refractivity contribution in [1.82, 2.24) is 0 Å². The molecule has 20 heavy (non-hydrogen) atoms. The van der Waals surface area contributed by atoms with Gasteiger partial charge in [-0.15, -0.1) is 0 Å². The molecule has 2 N–H and O–H groups in total. The number of aliphatic hydroxyl groups is 1. The molecular weight excluding hydrogens is 263 g/mol. The summed E-state index contributed by atoms with van der Waals surface area (Å²) in [7, 11) is 0. The van der Waals surface area contributed by atoms with Gasteiger partial charge in [-0.05, 0) is 29.8 Å². The maximum atomic E-state index is 13.2. The van der Waals surface area contributed by atoms with Gasteiger partial charge in [-0.25, -0.2) is 4.39 Å². The van der Waals surface area contributed by atoms with Crippen molar-refractivity contribution >= 4 is 11.4 Å². The Morgan fingerprint density at radius 1 is 1.25 bits per heavy atom. The van der Waals surface area contributed by atoms with Crippen LogP contribution in [0, 0.1) is 15.9 Å². The maximum Gasteiger partial charge on any atom is 0.274 e. The van der Waals surface area contributed by atoms with E-state index < -0.39 is 10.7 Å². The molecule has 6 heteroatoms. The number of anilines is 1. The van der Waals surface area contributed by atoms with E-state index in [0.717, 1.165) is 23.8 Å². The van der Waals surface area contributed by atoms with Gasteiger partial charge in [0.25, 0.3) is 5.69 Å². The van der Waals surface area contributed by atoms with Crippen molar-refractivity contribution < 1.29 is 14.4 Å². The number of nitrogens with zero attached hydrogens (tertiary/aromatic N) is 1. The van der Waals surface area contributed by atoms with Gasteiger partial charge < -0.3 is 10.4 Å². The summed E-state index contributed by atoms with van der Waals surface area (Å²) in [6.45, 7) is 0.0403. The average molecular weight is 276 g/mol. The van der Waals surface area contributed by atoms with E-state index in [9.17, 15) is 14.5 Å². The topological polar surface area (TPSA) is 75.4 Å². The van der Waals surface area contributed by atoms with E-state index in [-0.39, 0.29) is 24.4 Å². The molecule has 104 valence electrons. The number of halogens is 1. The number of aliphatic hydroxyl groups excluding tert-OH is 1.